The van der Waals surface area contributed by atoms with E-state index in [1.807, 2.05) is 49.4 Å². The maximum atomic E-state index is 12.4. The highest BCUT2D eigenvalue weighted by atomic mass is 16.2. The van der Waals surface area contributed by atoms with E-state index >= 15 is 0 Å². The van der Waals surface area contributed by atoms with E-state index in [0.29, 0.717) is 5.69 Å². The number of aromatic nitrogens is 3. The van der Waals surface area contributed by atoms with Gasteiger partial charge in [0.1, 0.15) is 0 Å². The highest BCUT2D eigenvalue weighted by molar-refractivity contribution is 6.03. The van der Waals surface area contributed by atoms with Gasteiger partial charge in [-0.15, -0.1) is 5.10 Å². The summed E-state index contributed by atoms with van der Waals surface area (Å²) >= 11 is 0. The van der Waals surface area contributed by atoms with E-state index in [1.165, 1.54) is 18.4 Å². The van der Waals surface area contributed by atoms with Crippen LogP contribution < -0.4 is 5.32 Å². The number of carbonyl (C=O) groups excluding carboxylic acids is 1. The van der Waals surface area contributed by atoms with Gasteiger partial charge in [0.15, 0.2) is 5.69 Å². The van der Waals surface area contributed by atoms with Crippen LogP contribution in [0.5, 0.6) is 0 Å². The van der Waals surface area contributed by atoms with Crippen molar-refractivity contribution in [3.63, 3.8) is 0 Å². The van der Waals surface area contributed by atoms with Gasteiger partial charge >= 0.3 is 0 Å². The third kappa shape index (κ3) is 3.94. The summed E-state index contributed by atoms with van der Waals surface area (Å²) in [6.45, 7) is 4.04. The zero-order valence-corrected chi connectivity index (χ0v) is 14.6. The molecule has 0 bridgehead atoms. The van der Waals surface area contributed by atoms with Crippen LogP contribution in [-0.4, -0.2) is 20.9 Å². The molecule has 5 heteroatoms. The Balaban J connectivity index is 1.77. The van der Waals surface area contributed by atoms with Crippen LogP contribution in [0, 0.1) is 6.92 Å². The number of unbranched alkanes of at least 4 members (excludes halogenated alkanes) is 1. The number of benzene rings is 2. The second-order valence-corrected chi connectivity index (χ2v) is 6.03. The predicted octanol–water partition coefficient (Wildman–Crippen LogP) is 4.17. The highest BCUT2D eigenvalue weighted by Crippen LogP contribution is 2.16. The van der Waals surface area contributed by atoms with Gasteiger partial charge in [0, 0.05) is 5.69 Å². The zero-order valence-electron chi connectivity index (χ0n) is 14.6. The Morgan fingerprint density at radius 1 is 1.08 bits per heavy atom. The molecule has 1 heterocycles. The molecule has 0 radical (unpaired) electrons. The number of carbonyl (C=O) groups is 1. The van der Waals surface area contributed by atoms with Crippen molar-refractivity contribution in [1.29, 1.82) is 0 Å². The van der Waals surface area contributed by atoms with Crippen molar-refractivity contribution in [2.45, 2.75) is 33.1 Å². The van der Waals surface area contributed by atoms with Crippen molar-refractivity contribution in [2.75, 3.05) is 5.32 Å². The van der Waals surface area contributed by atoms with E-state index in [2.05, 4.69) is 34.7 Å². The Morgan fingerprint density at radius 3 is 2.48 bits per heavy atom. The van der Waals surface area contributed by atoms with Crippen LogP contribution in [0.3, 0.4) is 0 Å². The van der Waals surface area contributed by atoms with Crippen LogP contribution in [-0.2, 0) is 6.42 Å². The maximum Gasteiger partial charge on any atom is 0.278 e. The lowest BCUT2D eigenvalue weighted by molar-refractivity contribution is 0.102. The average molecular weight is 334 g/mol. The summed E-state index contributed by atoms with van der Waals surface area (Å²) in [5.74, 6) is -0.255. The fourth-order valence-corrected chi connectivity index (χ4v) is 2.68. The lowest BCUT2D eigenvalue weighted by Gasteiger charge is -2.06. The maximum absolute atomic E-state index is 12.4. The lowest BCUT2D eigenvalue weighted by atomic mass is 10.1. The molecule has 2 aromatic carbocycles. The summed E-state index contributed by atoms with van der Waals surface area (Å²) < 4.78 is 1.70. The molecule has 5 nitrogen and oxygen atoms in total. The van der Waals surface area contributed by atoms with Crippen LogP contribution in [0.1, 0.15) is 41.5 Å². The normalized spacial score (nSPS) is 10.6. The first kappa shape index (κ1) is 16.9. The molecule has 0 atom stereocenters. The van der Waals surface area contributed by atoms with E-state index in [-0.39, 0.29) is 5.91 Å². The molecule has 0 unspecified atom stereocenters. The summed E-state index contributed by atoms with van der Waals surface area (Å²) in [4.78, 5) is 12.4. The fraction of sp³-hybridized carbons (Fsp3) is 0.250. The lowest BCUT2D eigenvalue weighted by Crippen LogP contribution is -2.14. The Labute approximate surface area is 147 Å². The van der Waals surface area contributed by atoms with E-state index in [4.69, 9.17) is 0 Å². The molecule has 0 spiro atoms. The molecule has 25 heavy (non-hydrogen) atoms. The van der Waals surface area contributed by atoms with Crippen LogP contribution in [0.25, 0.3) is 5.69 Å². The minimum atomic E-state index is -0.255. The monoisotopic (exact) mass is 334 g/mol. The Kier molecular flexibility index (Phi) is 5.23. The summed E-state index contributed by atoms with van der Waals surface area (Å²) in [5.41, 5.74) is 4.00. The van der Waals surface area contributed by atoms with Gasteiger partial charge in [0.2, 0.25) is 0 Å². The summed E-state index contributed by atoms with van der Waals surface area (Å²) in [5, 5.41) is 11.0. The van der Waals surface area contributed by atoms with Crippen molar-refractivity contribution in [2.24, 2.45) is 0 Å². The number of nitrogens with one attached hydrogen (secondary N) is 1. The van der Waals surface area contributed by atoms with E-state index in [1.54, 1.807) is 4.68 Å². The predicted molar refractivity (Wildman–Crippen MR) is 99.1 cm³/mol. The number of hydrogen-bond donors (Lipinski definition) is 1. The Morgan fingerprint density at radius 2 is 1.80 bits per heavy atom. The third-order valence-corrected chi connectivity index (χ3v) is 4.14. The smallest absolute Gasteiger partial charge is 0.278 e. The molecule has 0 fully saturated rings. The van der Waals surface area contributed by atoms with Gasteiger partial charge in [-0.2, -0.15) is 0 Å². The van der Waals surface area contributed by atoms with Gasteiger partial charge in [-0.05, 0) is 49.6 Å². The Hall–Kier alpha value is -2.95. The first-order valence-electron chi connectivity index (χ1n) is 8.57. The van der Waals surface area contributed by atoms with E-state index < -0.39 is 0 Å². The Bertz CT molecular complexity index is 838. The zero-order chi connectivity index (χ0) is 17.6. The number of rotatable bonds is 6. The van der Waals surface area contributed by atoms with Gasteiger partial charge < -0.3 is 5.32 Å². The van der Waals surface area contributed by atoms with Crippen LogP contribution in [0.4, 0.5) is 5.69 Å². The standard InChI is InChI=1S/C20H22N4O/c1-3-4-8-16-11-13-18(14-12-16)24-15(2)19(22-23-24)20(25)21-17-9-6-5-7-10-17/h5-7,9-14H,3-4,8H2,1-2H3,(H,21,25). The largest absolute Gasteiger partial charge is 0.321 e. The van der Waals surface area contributed by atoms with Gasteiger partial charge in [0.25, 0.3) is 5.91 Å². The fourth-order valence-electron chi connectivity index (χ4n) is 2.68. The second kappa shape index (κ2) is 7.75. The summed E-state index contributed by atoms with van der Waals surface area (Å²) in [6, 6.07) is 17.6. The number of aryl methyl sites for hydroxylation is 1. The van der Waals surface area contributed by atoms with Crippen molar-refractivity contribution in [3.05, 3.63) is 71.5 Å². The van der Waals surface area contributed by atoms with Crippen LogP contribution >= 0.6 is 0 Å². The van der Waals surface area contributed by atoms with Crippen molar-refractivity contribution in [1.82, 2.24) is 15.0 Å². The molecule has 0 aliphatic heterocycles. The third-order valence-electron chi connectivity index (χ3n) is 4.14. The van der Waals surface area contributed by atoms with E-state index in [9.17, 15) is 4.79 Å². The number of nitrogens with zero attached hydrogens (tertiary/aromatic N) is 3. The minimum absolute atomic E-state index is 0.255. The molecule has 0 saturated heterocycles. The van der Waals surface area contributed by atoms with Crippen LogP contribution in [0.2, 0.25) is 0 Å². The molecule has 0 aliphatic rings. The first-order chi connectivity index (χ1) is 12.2. The summed E-state index contributed by atoms with van der Waals surface area (Å²) in [6.07, 6.45) is 3.45. The quantitative estimate of drug-likeness (QED) is 0.736. The molecule has 1 N–H and O–H groups in total. The number of hydrogen-bond acceptors (Lipinski definition) is 3. The topological polar surface area (TPSA) is 59.8 Å². The molecular weight excluding hydrogens is 312 g/mol. The van der Waals surface area contributed by atoms with Crippen molar-refractivity contribution in [3.8, 4) is 5.69 Å². The van der Waals surface area contributed by atoms with E-state index in [0.717, 1.165) is 23.5 Å². The summed E-state index contributed by atoms with van der Waals surface area (Å²) in [7, 11) is 0. The van der Waals surface area contributed by atoms with Gasteiger partial charge in [-0.25, -0.2) is 4.68 Å². The molecule has 3 aromatic rings. The first-order valence-corrected chi connectivity index (χ1v) is 8.57. The molecular formula is C20H22N4O. The number of para-hydroxylation sites is 1. The highest BCUT2D eigenvalue weighted by Gasteiger charge is 2.17. The molecule has 0 aliphatic carbocycles. The van der Waals surface area contributed by atoms with Gasteiger partial charge in [-0.1, -0.05) is 48.9 Å². The SMILES string of the molecule is CCCCc1ccc(-n2nnc(C(=O)Nc3ccccc3)c2C)cc1. The second-order valence-electron chi connectivity index (χ2n) is 6.03. The molecule has 128 valence electrons. The van der Waals surface area contributed by atoms with Crippen molar-refractivity contribution < 1.29 is 4.79 Å². The molecule has 1 aromatic heterocycles. The molecule has 0 saturated carbocycles. The van der Waals surface area contributed by atoms with Gasteiger partial charge in [0.05, 0.1) is 11.4 Å². The average Bonchev–Trinajstić information content (AvgIpc) is 3.03. The van der Waals surface area contributed by atoms with Crippen molar-refractivity contribution >= 4 is 11.6 Å². The number of anilines is 1. The van der Waals surface area contributed by atoms with Crippen LogP contribution in [0.15, 0.2) is 54.6 Å². The minimum Gasteiger partial charge on any atom is -0.321 e. The number of amides is 1. The van der Waals surface area contributed by atoms with Gasteiger partial charge in [-0.3, -0.25) is 4.79 Å². The molecule has 1 amide bonds. The molecule has 3 rings (SSSR count).